The Morgan fingerprint density at radius 3 is 2.55 bits per heavy atom. The van der Waals surface area contributed by atoms with Crippen molar-refractivity contribution in [3.63, 3.8) is 0 Å². The van der Waals surface area contributed by atoms with Crippen LogP contribution in [0.1, 0.15) is 10.4 Å². The van der Waals surface area contributed by atoms with E-state index < -0.39 is 0 Å². The highest BCUT2D eigenvalue weighted by Crippen LogP contribution is 2.26. The summed E-state index contributed by atoms with van der Waals surface area (Å²) in [5.41, 5.74) is 2.09. The largest absolute Gasteiger partial charge is 0.619 e. The van der Waals surface area contributed by atoms with Crippen LogP contribution in [0.3, 0.4) is 0 Å². The van der Waals surface area contributed by atoms with Gasteiger partial charge < -0.3 is 5.21 Å². The quantitative estimate of drug-likeness (QED) is 0.591. The molecule has 0 atom stereocenters. The molecule has 0 saturated heterocycles. The van der Waals surface area contributed by atoms with Crippen LogP contribution in [0.25, 0.3) is 11.3 Å². The first-order chi connectivity index (χ1) is 10.6. The van der Waals surface area contributed by atoms with Crippen molar-refractivity contribution in [3.8, 4) is 11.3 Å². The third-order valence-corrected chi connectivity index (χ3v) is 3.94. The third kappa shape index (κ3) is 3.24. The molecule has 2 aromatic heterocycles. The number of nitrogens with zero attached hydrogens (tertiary/aromatic N) is 2. The number of aromatic nitrogens is 2. The highest BCUT2D eigenvalue weighted by molar-refractivity contribution is 7.14. The predicted octanol–water partition coefficient (Wildman–Crippen LogP) is 3.35. The van der Waals surface area contributed by atoms with E-state index in [1.165, 1.54) is 35.9 Å². The molecular weight excluding hydrogens is 322 g/mol. The summed E-state index contributed by atoms with van der Waals surface area (Å²) in [5, 5.41) is 16.7. The summed E-state index contributed by atoms with van der Waals surface area (Å²) < 4.78 is 0.624. The third-order valence-electron chi connectivity index (χ3n) is 2.93. The number of nitrogens with one attached hydrogen (secondary N) is 1. The summed E-state index contributed by atoms with van der Waals surface area (Å²) in [6.45, 7) is 0. The SMILES string of the molecule is O=C(Nc1nc(-c2ccc(Cl)cc2)cs1)c1cc[n+]([O-])cc1. The first-order valence-corrected chi connectivity index (χ1v) is 7.59. The summed E-state index contributed by atoms with van der Waals surface area (Å²) in [6.07, 6.45) is 2.55. The molecule has 0 saturated carbocycles. The lowest BCUT2D eigenvalue weighted by molar-refractivity contribution is -0.605. The Morgan fingerprint density at radius 1 is 1.18 bits per heavy atom. The molecule has 0 aliphatic heterocycles. The van der Waals surface area contributed by atoms with Crippen LogP contribution in [0.4, 0.5) is 5.13 Å². The normalized spacial score (nSPS) is 10.4. The van der Waals surface area contributed by atoms with E-state index in [-0.39, 0.29) is 5.91 Å². The van der Waals surface area contributed by atoms with Crippen molar-refractivity contribution in [2.24, 2.45) is 0 Å². The Kier molecular flexibility index (Phi) is 4.04. The molecule has 0 radical (unpaired) electrons. The predicted molar refractivity (Wildman–Crippen MR) is 85.9 cm³/mol. The van der Waals surface area contributed by atoms with Gasteiger partial charge in [-0.2, -0.15) is 4.73 Å². The van der Waals surface area contributed by atoms with Crippen LogP contribution in [0.5, 0.6) is 0 Å². The molecule has 1 aromatic carbocycles. The van der Waals surface area contributed by atoms with Gasteiger partial charge >= 0.3 is 0 Å². The van der Waals surface area contributed by atoms with Crippen molar-refractivity contribution < 1.29 is 9.52 Å². The fraction of sp³-hybridized carbons (Fsp3) is 0. The number of carbonyl (C=O) groups is 1. The molecule has 0 spiro atoms. The van der Waals surface area contributed by atoms with E-state index in [2.05, 4.69) is 10.3 Å². The lowest BCUT2D eigenvalue weighted by atomic mass is 10.2. The molecule has 1 amide bonds. The molecule has 3 aromatic rings. The van der Waals surface area contributed by atoms with Gasteiger partial charge in [0.1, 0.15) is 0 Å². The maximum Gasteiger partial charge on any atom is 0.257 e. The monoisotopic (exact) mass is 331 g/mol. The Morgan fingerprint density at radius 2 is 1.86 bits per heavy atom. The summed E-state index contributed by atoms with van der Waals surface area (Å²) in [6, 6.07) is 10.2. The van der Waals surface area contributed by atoms with Crippen molar-refractivity contribution in [2.75, 3.05) is 5.32 Å². The first-order valence-electron chi connectivity index (χ1n) is 6.33. The smallest absolute Gasteiger partial charge is 0.257 e. The second-order valence-electron chi connectivity index (χ2n) is 4.45. The molecule has 22 heavy (non-hydrogen) atoms. The van der Waals surface area contributed by atoms with Crippen molar-refractivity contribution in [3.05, 3.63) is 70.0 Å². The van der Waals surface area contributed by atoms with Crippen LogP contribution in [0.15, 0.2) is 54.2 Å². The Bertz CT molecular complexity index is 800. The van der Waals surface area contributed by atoms with Gasteiger partial charge in [-0.1, -0.05) is 23.7 Å². The zero-order valence-corrected chi connectivity index (χ0v) is 12.8. The van der Waals surface area contributed by atoms with Gasteiger partial charge in [0.15, 0.2) is 17.5 Å². The minimum absolute atomic E-state index is 0.308. The van der Waals surface area contributed by atoms with Crippen LogP contribution < -0.4 is 10.0 Å². The average Bonchev–Trinajstić information content (AvgIpc) is 2.97. The topological polar surface area (TPSA) is 68.9 Å². The highest BCUT2D eigenvalue weighted by atomic mass is 35.5. The standard InChI is InChI=1S/C15H10ClN3O2S/c16-12-3-1-10(2-4-12)13-9-22-15(17-13)18-14(20)11-5-7-19(21)8-6-11/h1-9H,(H,17,18,20). The molecule has 5 nitrogen and oxygen atoms in total. The number of rotatable bonds is 3. The van der Waals surface area contributed by atoms with E-state index in [1.54, 1.807) is 12.1 Å². The fourth-order valence-electron chi connectivity index (χ4n) is 1.82. The Balaban J connectivity index is 1.75. The van der Waals surface area contributed by atoms with E-state index in [0.717, 1.165) is 11.3 Å². The molecule has 0 bridgehead atoms. The number of pyridine rings is 1. The van der Waals surface area contributed by atoms with Gasteiger partial charge in [-0.25, -0.2) is 4.98 Å². The maximum absolute atomic E-state index is 12.0. The van der Waals surface area contributed by atoms with Crippen molar-refractivity contribution in [1.29, 1.82) is 0 Å². The van der Waals surface area contributed by atoms with Gasteiger partial charge in [-0.05, 0) is 12.1 Å². The molecule has 110 valence electrons. The number of hydrogen-bond acceptors (Lipinski definition) is 4. The van der Waals surface area contributed by atoms with Crippen molar-refractivity contribution >= 4 is 34.0 Å². The minimum atomic E-state index is -0.308. The van der Waals surface area contributed by atoms with Gasteiger partial charge in [0.2, 0.25) is 0 Å². The molecule has 0 unspecified atom stereocenters. The number of benzene rings is 1. The van der Waals surface area contributed by atoms with Crippen LogP contribution >= 0.6 is 22.9 Å². The van der Waals surface area contributed by atoms with Gasteiger partial charge in [-0.15, -0.1) is 11.3 Å². The minimum Gasteiger partial charge on any atom is -0.619 e. The molecular formula is C15H10ClN3O2S. The second-order valence-corrected chi connectivity index (χ2v) is 5.74. The second kappa shape index (κ2) is 6.13. The van der Waals surface area contributed by atoms with Crippen LogP contribution in [0.2, 0.25) is 5.02 Å². The van der Waals surface area contributed by atoms with E-state index in [0.29, 0.717) is 20.4 Å². The van der Waals surface area contributed by atoms with Gasteiger partial charge in [0, 0.05) is 28.1 Å². The van der Waals surface area contributed by atoms with Gasteiger partial charge in [-0.3, -0.25) is 10.1 Å². The first kappa shape index (κ1) is 14.5. The van der Waals surface area contributed by atoms with Crippen LogP contribution in [-0.2, 0) is 0 Å². The highest BCUT2D eigenvalue weighted by Gasteiger charge is 2.10. The van der Waals surface area contributed by atoms with Crippen LogP contribution in [0, 0.1) is 5.21 Å². The zero-order chi connectivity index (χ0) is 15.5. The average molecular weight is 332 g/mol. The molecule has 2 heterocycles. The molecule has 0 fully saturated rings. The van der Waals surface area contributed by atoms with Crippen LogP contribution in [-0.4, -0.2) is 10.9 Å². The maximum atomic E-state index is 12.0. The van der Waals surface area contributed by atoms with E-state index >= 15 is 0 Å². The molecule has 7 heteroatoms. The number of carbonyl (C=O) groups excluding carboxylic acids is 1. The van der Waals surface area contributed by atoms with Crippen molar-refractivity contribution in [2.45, 2.75) is 0 Å². The number of halogens is 1. The summed E-state index contributed by atoms with van der Waals surface area (Å²) in [4.78, 5) is 16.4. The lowest BCUT2D eigenvalue weighted by Crippen LogP contribution is -2.25. The fourth-order valence-corrected chi connectivity index (χ4v) is 2.66. The molecule has 3 rings (SSSR count). The van der Waals surface area contributed by atoms with Crippen molar-refractivity contribution in [1.82, 2.24) is 4.98 Å². The van der Waals surface area contributed by atoms with E-state index in [9.17, 15) is 10.0 Å². The summed E-state index contributed by atoms with van der Waals surface area (Å²) in [5.74, 6) is -0.308. The number of hydrogen-bond donors (Lipinski definition) is 1. The van der Waals surface area contributed by atoms with E-state index in [1.807, 2.05) is 17.5 Å². The summed E-state index contributed by atoms with van der Waals surface area (Å²) >= 11 is 7.19. The summed E-state index contributed by atoms with van der Waals surface area (Å²) in [7, 11) is 0. The molecule has 0 aliphatic carbocycles. The number of anilines is 1. The lowest BCUT2D eigenvalue weighted by Gasteiger charge is -2.01. The van der Waals surface area contributed by atoms with Gasteiger partial charge in [0.05, 0.1) is 11.3 Å². The molecule has 1 N–H and O–H groups in total. The van der Waals surface area contributed by atoms with Gasteiger partial charge in [0.25, 0.3) is 5.91 Å². The molecule has 0 aliphatic rings. The Labute approximate surface area is 135 Å². The van der Waals surface area contributed by atoms with E-state index in [4.69, 9.17) is 11.6 Å². The number of thiazole rings is 1. The number of amides is 1. The zero-order valence-electron chi connectivity index (χ0n) is 11.2. The Hall–Kier alpha value is -2.44.